The molecule has 0 bridgehead atoms. The average molecular weight is 458 g/mol. The maximum absolute atomic E-state index is 12.8. The molecule has 6 nitrogen and oxygen atoms in total. The highest BCUT2D eigenvalue weighted by Gasteiger charge is 2.34. The first-order valence-electron chi connectivity index (χ1n) is 8.34. The topological polar surface area (TPSA) is 79.4 Å². The number of nitrogens with one attached hydrogen (secondary N) is 1. The minimum atomic E-state index is -3.56. The first kappa shape index (κ1) is 19.5. The predicted octanol–water partition coefficient (Wildman–Crippen LogP) is 3.18. The third-order valence-corrected chi connectivity index (χ3v) is 8.34. The highest BCUT2D eigenvalue weighted by molar-refractivity contribution is 9.11. The van der Waals surface area contributed by atoms with Crippen molar-refractivity contribution in [1.29, 1.82) is 0 Å². The molecule has 1 saturated heterocycles. The summed E-state index contributed by atoms with van der Waals surface area (Å²) in [5, 5.41) is 2.95. The molecule has 2 aromatic heterocycles. The van der Waals surface area contributed by atoms with Crippen molar-refractivity contribution in [3.63, 3.8) is 0 Å². The SMILES string of the molecule is C[C@@H](NC(=O)[C@H]1CCCN(S(=O)(=O)c2ccc(Br)s2)C1)c1ccccn1. The number of carbonyl (C=O) groups is 1. The summed E-state index contributed by atoms with van der Waals surface area (Å²) >= 11 is 4.48. The van der Waals surface area contributed by atoms with Gasteiger partial charge in [0.2, 0.25) is 5.91 Å². The fourth-order valence-corrected chi connectivity index (χ4v) is 6.66. The van der Waals surface area contributed by atoms with Crippen LogP contribution in [0.3, 0.4) is 0 Å². The molecule has 2 aromatic rings. The lowest BCUT2D eigenvalue weighted by molar-refractivity contribution is -0.126. The number of pyridine rings is 1. The van der Waals surface area contributed by atoms with Crippen molar-refractivity contribution in [2.24, 2.45) is 5.92 Å². The molecule has 0 radical (unpaired) electrons. The van der Waals surface area contributed by atoms with E-state index < -0.39 is 10.0 Å². The number of carbonyl (C=O) groups excluding carboxylic acids is 1. The van der Waals surface area contributed by atoms with Crippen molar-refractivity contribution in [2.75, 3.05) is 13.1 Å². The zero-order valence-electron chi connectivity index (χ0n) is 14.3. The van der Waals surface area contributed by atoms with Gasteiger partial charge in [-0.2, -0.15) is 4.31 Å². The lowest BCUT2D eigenvalue weighted by Gasteiger charge is -2.31. The van der Waals surface area contributed by atoms with Crippen molar-refractivity contribution < 1.29 is 13.2 Å². The Morgan fingerprint density at radius 2 is 2.19 bits per heavy atom. The number of nitrogens with zero attached hydrogens (tertiary/aromatic N) is 2. The maximum Gasteiger partial charge on any atom is 0.252 e. The van der Waals surface area contributed by atoms with Crippen LogP contribution in [-0.2, 0) is 14.8 Å². The summed E-state index contributed by atoms with van der Waals surface area (Å²) in [6.45, 7) is 2.52. The highest BCUT2D eigenvalue weighted by atomic mass is 79.9. The molecular weight excluding hydrogens is 438 g/mol. The normalized spacial score (nSPS) is 19.8. The number of hydrogen-bond acceptors (Lipinski definition) is 5. The molecule has 0 aromatic carbocycles. The third kappa shape index (κ3) is 4.33. The maximum atomic E-state index is 12.8. The van der Waals surface area contributed by atoms with Gasteiger partial charge in [0.25, 0.3) is 10.0 Å². The van der Waals surface area contributed by atoms with Gasteiger partial charge in [0.05, 0.1) is 21.4 Å². The summed E-state index contributed by atoms with van der Waals surface area (Å²) in [5.41, 5.74) is 0.782. The molecule has 1 amide bonds. The number of aromatic nitrogens is 1. The van der Waals surface area contributed by atoms with Crippen LogP contribution in [0.1, 0.15) is 31.5 Å². The number of thiophene rings is 1. The predicted molar refractivity (Wildman–Crippen MR) is 104 cm³/mol. The van der Waals surface area contributed by atoms with Crippen molar-refractivity contribution in [3.05, 3.63) is 46.0 Å². The minimum Gasteiger partial charge on any atom is -0.348 e. The summed E-state index contributed by atoms with van der Waals surface area (Å²) in [4.78, 5) is 16.9. The molecule has 1 aliphatic rings. The quantitative estimate of drug-likeness (QED) is 0.747. The van der Waals surface area contributed by atoms with E-state index >= 15 is 0 Å². The zero-order chi connectivity index (χ0) is 18.7. The molecule has 9 heteroatoms. The molecule has 0 spiro atoms. The summed E-state index contributed by atoms with van der Waals surface area (Å²) < 4.78 is 28.1. The highest BCUT2D eigenvalue weighted by Crippen LogP contribution is 2.31. The molecule has 1 N–H and O–H groups in total. The van der Waals surface area contributed by atoms with E-state index in [1.165, 1.54) is 15.6 Å². The number of sulfonamides is 1. The number of amides is 1. The van der Waals surface area contributed by atoms with Gasteiger partial charge >= 0.3 is 0 Å². The molecule has 140 valence electrons. The Bertz CT molecular complexity index is 870. The molecule has 1 aliphatic heterocycles. The van der Waals surface area contributed by atoms with Gasteiger partial charge in [-0.3, -0.25) is 9.78 Å². The minimum absolute atomic E-state index is 0.129. The van der Waals surface area contributed by atoms with Crippen LogP contribution in [0.25, 0.3) is 0 Å². The number of rotatable bonds is 5. The van der Waals surface area contributed by atoms with Crippen molar-refractivity contribution in [1.82, 2.24) is 14.6 Å². The summed E-state index contributed by atoms with van der Waals surface area (Å²) in [6.07, 6.45) is 3.04. The molecule has 0 saturated carbocycles. The molecule has 2 atom stereocenters. The fraction of sp³-hybridized carbons (Fsp3) is 0.412. The van der Waals surface area contributed by atoms with E-state index in [-0.39, 0.29) is 24.4 Å². The van der Waals surface area contributed by atoms with Crippen LogP contribution in [-0.4, -0.2) is 36.7 Å². The Labute approximate surface area is 165 Å². The molecule has 0 aliphatic carbocycles. The van der Waals surface area contributed by atoms with Crippen LogP contribution in [0.2, 0.25) is 0 Å². The van der Waals surface area contributed by atoms with Gasteiger partial charge in [-0.15, -0.1) is 11.3 Å². The van der Waals surface area contributed by atoms with Crippen LogP contribution in [0.4, 0.5) is 0 Å². The van der Waals surface area contributed by atoms with Crippen LogP contribution in [0, 0.1) is 5.92 Å². The van der Waals surface area contributed by atoms with Crippen LogP contribution < -0.4 is 5.32 Å². The first-order valence-corrected chi connectivity index (χ1v) is 11.4. The number of piperidine rings is 1. The Morgan fingerprint density at radius 1 is 1.38 bits per heavy atom. The van der Waals surface area contributed by atoms with Gasteiger partial charge in [0.1, 0.15) is 4.21 Å². The van der Waals surface area contributed by atoms with Crippen molar-refractivity contribution in [3.8, 4) is 0 Å². The standard InChI is InChI=1S/C17H20BrN3O3S2/c1-12(14-6-2-3-9-19-14)20-17(22)13-5-4-10-21(11-13)26(23,24)16-8-7-15(18)25-16/h2-3,6-9,12-13H,4-5,10-11H2,1H3,(H,20,22)/t12-,13+/m1/s1. The summed E-state index contributed by atoms with van der Waals surface area (Å²) in [5.74, 6) is -0.483. The first-order chi connectivity index (χ1) is 12.4. The average Bonchev–Trinajstić information content (AvgIpc) is 3.10. The van der Waals surface area contributed by atoms with Crippen LogP contribution in [0.5, 0.6) is 0 Å². The Hall–Kier alpha value is -1.29. The molecule has 3 heterocycles. The number of halogens is 1. The monoisotopic (exact) mass is 457 g/mol. The van der Waals surface area contributed by atoms with Crippen LogP contribution >= 0.6 is 27.3 Å². The molecular formula is C17H20BrN3O3S2. The smallest absolute Gasteiger partial charge is 0.252 e. The van der Waals surface area contributed by atoms with Crippen molar-refractivity contribution >= 4 is 43.2 Å². The Balaban J connectivity index is 1.67. The number of hydrogen-bond donors (Lipinski definition) is 1. The third-order valence-electron chi connectivity index (χ3n) is 4.39. The molecule has 0 unspecified atom stereocenters. The second-order valence-electron chi connectivity index (χ2n) is 6.25. The lowest BCUT2D eigenvalue weighted by atomic mass is 9.98. The lowest BCUT2D eigenvalue weighted by Crippen LogP contribution is -2.45. The van der Waals surface area contributed by atoms with Gasteiger partial charge < -0.3 is 5.32 Å². The second-order valence-corrected chi connectivity index (χ2v) is 10.9. The molecule has 1 fully saturated rings. The van der Waals surface area contributed by atoms with E-state index in [1.807, 2.05) is 25.1 Å². The summed E-state index contributed by atoms with van der Waals surface area (Å²) in [7, 11) is -3.56. The Kier molecular flexibility index (Phi) is 6.11. The van der Waals surface area contributed by atoms with Gasteiger partial charge in [0.15, 0.2) is 0 Å². The van der Waals surface area contributed by atoms with Gasteiger partial charge in [-0.05, 0) is 60.0 Å². The van der Waals surface area contributed by atoms with E-state index in [1.54, 1.807) is 18.3 Å². The molecule has 26 heavy (non-hydrogen) atoms. The van der Waals surface area contributed by atoms with Gasteiger partial charge in [0, 0.05) is 19.3 Å². The van der Waals surface area contributed by atoms with E-state index in [2.05, 4.69) is 26.2 Å². The van der Waals surface area contributed by atoms with Gasteiger partial charge in [-0.1, -0.05) is 6.07 Å². The van der Waals surface area contributed by atoms with Crippen molar-refractivity contribution in [2.45, 2.75) is 30.0 Å². The van der Waals surface area contributed by atoms with Gasteiger partial charge in [-0.25, -0.2) is 8.42 Å². The fourth-order valence-electron chi connectivity index (χ4n) is 2.98. The van der Waals surface area contributed by atoms with E-state index in [9.17, 15) is 13.2 Å². The zero-order valence-corrected chi connectivity index (χ0v) is 17.5. The Morgan fingerprint density at radius 3 is 2.85 bits per heavy atom. The van der Waals surface area contributed by atoms with E-state index in [0.717, 1.165) is 9.48 Å². The second kappa shape index (κ2) is 8.16. The van der Waals surface area contributed by atoms with Crippen LogP contribution in [0.15, 0.2) is 44.5 Å². The molecule has 3 rings (SSSR count). The largest absolute Gasteiger partial charge is 0.348 e. The van der Waals surface area contributed by atoms with E-state index in [4.69, 9.17) is 0 Å². The summed E-state index contributed by atoms with van der Waals surface area (Å²) in [6, 6.07) is 8.65. The van der Waals surface area contributed by atoms with E-state index in [0.29, 0.717) is 23.6 Å².